The van der Waals surface area contributed by atoms with Gasteiger partial charge in [-0.25, -0.2) is 0 Å². The number of carbonyl (C=O) groups excluding carboxylic acids is 1. The minimum atomic E-state index is 0.00552. The van der Waals surface area contributed by atoms with Crippen LogP contribution < -0.4 is 5.32 Å². The van der Waals surface area contributed by atoms with Crippen LogP contribution in [0.15, 0.2) is 28.7 Å². The standard InChI is InChI=1S/C15H21BrN2O/c1-12-5-2-3-9-18(12)10-8-17-15(19)13-6-4-7-14(16)11-13/h4,6-7,11-12H,2-3,5,8-10H2,1H3,(H,17,19)/t12-/m1/s1. The van der Waals surface area contributed by atoms with E-state index >= 15 is 0 Å². The quantitative estimate of drug-likeness (QED) is 0.923. The van der Waals surface area contributed by atoms with Gasteiger partial charge in [-0.3, -0.25) is 9.69 Å². The lowest BCUT2D eigenvalue weighted by atomic mass is 10.0. The summed E-state index contributed by atoms with van der Waals surface area (Å²) in [6.07, 6.45) is 3.89. The Labute approximate surface area is 123 Å². The van der Waals surface area contributed by atoms with Crippen molar-refractivity contribution >= 4 is 21.8 Å². The van der Waals surface area contributed by atoms with Crippen LogP contribution in [0.3, 0.4) is 0 Å². The summed E-state index contributed by atoms with van der Waals surface area (Å²) in [5.74, 6) is 0.00552. The first-order valence-corrected chi connectivity index (χ1v) is 7.74. The van der Waals surface area contributed by atoms with E-state index in [0.29, 0.717) is 11.6 Å². The zero-order valence-corrected chi connectivity index (χ0v) is 12.9. The summed E-state index contributed by atoms with van der Waals surface area (Å²) in [5, 5.41) is 2.99. The Balaban J connectivity index is 1.77. The lowest BCUT2D eigenvalue weighted by Gasteiger charge is -2.33. The van der Waals surface area contributed by atoms with Gasteiger partial charge in [0.05, 0.1) is 0 Å². The Hall–Kier alpha value is -0.870. The summed E-state index contributed by atoms with van der Waals surface area (Å²) in [6, 6.07) is 8.14. The smallest absolute Gasteiger partial charge is 0.251 e. The highest BCUT2D eigenvalue weighted by molar-refractivity contribution is 9.10. The number of carbonyl (C=O) groups is 1. The SMILES string of the molecule is C[C@@H]1CCCCN1CCNC(=O)c1cccc(Br)c1. The van der Waals surface area contributed by atoms with Crippen molar-refractivity contribution in [3.05, 3.63) is 34.3 Å². The van der Waals surface area contributed by atoms with E-state index in [0.717, 1.165) is 24.1 Å². The van der Waals surface area contributed by atoms with Crippen molar-refractivity contribution in [1.29, 1.82) is 0 Å². The van der Waals surface area contributed by atoms with Crippen molar-refractivity contribution in [2.45, 2.75) is 32.2 Å². The molecule has 3 nitrogen and oxygen atoms in total. The van der Waals surface area contributed by atoms with E-state index in [1.165, 1.54) is 19.3 Å². The molecule has 1 aliphatic heterocycles. The molecule has 1 fully saturated rings. The lowest BCUT2D eigenvalue weighted by Crippen LogP contribution is -2.42. The second-order valence-corrected chi connectivity index (χ2v) is 6.06. The molecule has 1 aliphatic rings. The maximum Gasteiger partial charge on any atom is 0.251 e. The minimum absolute atomic E-state index is 0.00552. The van der Waals surface area contributed by atoms with Crippen molar-refractivity contribution in [2.75, 3.05) is 19.6 Å². The number of benzene rings is 1. The van der Waals surface area contributed by atoms with Crippen molar-refractivity contribution in [3.63, 3.8) is 0 Å². The molecule has 19 heavy (non-hydrogen) atoms. The van der Waals surface area contributed by atoms with E-state index in [9.17, 15) is 4.79 Å². The molecule has 4 heteroatoms. The maximum absolute atomic E-state index is 12.0. The first kappa shape index (κ1) is 14.5. The third kappa shape index (κ3) is 4.32. The van der Waals surface area contributed by atoms with Crippen molar-refractivity contribution < 1.29 is 4.79 Å². The van der Waals surface area contributed by atoms with Gasteiger partial charge in [-0.05, 0) is 44.5 Å². The van der Waals surface area contributed by atoms with Crippen LogP contribution >= 0.6 is 15.9 Å². The third-order valence-corrected chi connectivity index (χ3v) is 4.21. The number of hydrogen-bond donors (Lipinski definition) is 1. The summed E-state index contributed by atoms with van der Waals surface area (Å²) in [6.45, 7) is 5.10. The summed E-state index contributed by atoms with van der Waals surface area (Å²) < 4.78 is 0.935. The molecule has 1 heterocycles. The monoisotopic (exact) mass is 324 g/mol. The fourth-order valence-corrected chi connectivity index (χ4v) is 2.93. The topological polar surface area (TPSA) is 32.3 Å². The summed E-state index contributed by atoms with van der Waals surface area (Å²) in [5.41, 5.74) is 0.709. The zero-order chi connectivity index (χ0) is 13.7. The second kappa shape index (κ2) is 7.06. The molecule has 104 valence electrons. The van der Waals surface area contributed by atoms with Gasteiger partial charge in [0.2, 0.25) is 0 Å². The predicted octanol–water partition coefficient (Wildman–Crippen LogP) is 3.05. The fraction of sp³-hybridized carbons (Fsp3) is 0.533. The van der Waals surface area contributed by atoms with Crippen LogP contribution in [0.5, 0.6) is 0 Å². The van der Waals surface area contributed by atoms with E-state index in [-0.39, 0.29) is 5.91 Å². The number of nitrogens with zero attached hydrogens (tertiary/aromatic N) is 1. The van der Waals surface area contributed by atoms with Gasteiger partial charge in [0.25, 0.3) is 5.91 Å². The van der Waals surface area contributed by atoms with Crippen molar-refractivity contribution in [2.24, 2.45) is 0 Å². The second-order valence-electron chi connectivity index (χ2n) is 5.15. The van der Waals surface area contributed by atoms with Crippen LogP contribution in [-0.2, 0) is 0 Å². The van der Waals surface area contributed by atoms with Gasteiger partial charge in [-0.2, -0.15) is 0 Å². The van der Waals surface area contributed by atoms with Crippen molar-refractivity contribution in [1.82, 2.24) is 10.2 Å². The number of hydrogen-bond acceptors (Lipinski definition) is 2. The molecule has 0 radical (unpaired) electrons. The molecule has 1 N–H and O–H groups in total. The molecular formula is C15H21BrN2O. The Kier molecular flexibility index (Phi) is 5.40. The molecule has 0 aliphatic carbocycles. The van der Waals surface area contributed by atoms with Gasteiger partial charge in [0.1, 0.15) is 0 Å². The molecule has 0 aromatic heterocycles. The first-order valence-electron chi connectivity index (χ1n) is 6.94. The highest BCUT2D eigenvalue weighted by Gasteiger charge is 2.17. The highest BCUT2D eigenvalue weighted by atomic mass is 79.9. The number of likely N-dealkylation sites (tertiary alicyclic amines) is 1. The molecule has 1 aromatic rings. The zero-order valence-electron chi connectivity index (χ0n) is 11.4. The van der Waals surface area contributed by atoms with Gasteiger partial charge >= 0.3 is 0 Å². The van der Waals surface area contributed by atoms with Gasteiger partial charge in [-0.15, -0.1) is 0 Å². The van der Waals surface area contributed by atoms with E-state index < -0.39 is 0 Å². The normalized spacial score (nSPS) is 20.2. The highest BCUT2D eigenvalue weighted by Crippen LogP contribution is 2.15. The van der Waals surface area contributed by atoms with Gasteiger partial charge < -0.3 is 5.32 Å². The van der Waals surface area contributed by atoms with Crippen LogP contribution in [0.2, 0.25) is 0 Å². The first-order chi connectivity index (χ1) is 9.16. The molecular weight excluding hydrogens is 304 g/mol. The molecule has 0 bridgehead atoms. The fourth-order valence-electron chi connectivity index (χ4n) is 2.53. The molecule has 1 atom stereocenters. The average molecular weight is 325 g/mol. The van der Waals surface area contributed by atoms with Crippen LogP contribution in [-0.4, -0.2) is 36.5 Å². The van der Waals surface area contributed by atoms with E-state index in [1.807, 2.05) is 24.3 Å². The molecule has 0 unspecified atom stereocenters. The van der Waals surface area contributed by atoms with Crippen LogP contribution in [0.4, 0.5) is 0 Å². The Morgan fingerprint density at radius 3 is 3.05 bits per heavy atom. The number of amides is 1. The van der Waals surface area contributed by atoms with Crippen molar-refractivity contribution in [3.8, 4) is 0 Å². The number of nitrogens with one attached hydrogen (secondary N) is 1. The molecule has 0 spiro atoms. The summed E-state index contributed by atoms with van der Waals surface area (Å²) in [7, 11) is 0. The lowest BCUT2D eigenvalue weighted by molar-refractivity contribution is 0.0938. The largest absolute Gasteiger partial charge is 0.351 e. The molecule has 0 saturated carbocycles. The maximum atomic E-state index is 12.0. The van der Waals surface area contributed by atoms with Crippen LogP contribution in [0.25, 0.3) is 0 Å². The number of piperidine rings is 1. The van der Waals surface area contributed by atoms with Crippen LogP contribution in [0, 0.1) is 0 Å². The Morgan fingerprint density at radius 2 is 2.32 bits per heavy atom. The molecule has 1 saturated heterocycles. The Morgan fingerprint density at radius 1 is 1.47 bits per heavy atom. The van der Waals surface area contributed by atoms with Gasteiger partial charge in [-0.1, -0.05) is 28.4 Å². The number of rotatable bonds is 4. The third-order valence-electron chi connectivity index (χ3n) is 3.71. The number of halogens is 1. The van der Waals surface area contributed by atoms with E-state index in [2.05, 4.69) is 33.1 Å². The van der Waals surface area contributed by atoms with Gasteiger partial charge in [0, 0.05) is 29.2 Å². The molecule has 2 rings (SSSR count). The van der Waals surface area contributed by atoms with Gasteiger partial charge in [0.15, 0.2) is 0 Å². The summed E-state index contributed by atoms with van der Waals surface area (Å²) in [4.78, 5) is 14.4. The summed E-state index contributed by atoms with van der Waals surface area (Å²) >= 11 is 3.38. The average Bonchev–Trinajstić information content (AvgIpc) is 2.41. The Bertz CT molecular complexity index is 436. The predicted molar refractivity (Wildman–Crippen MR) is 81.4 cm³/mol. The minimum Gasteiger partial charge on any atom is -0.351 e. The van der Waals surface area contributed by atoms with Crippen LogP contribution in [0.1, 0.15) is 36.5 Å². The molecule has 1 amide bonds. The van der Waals surface area contributed by atoms with E-state index in [1.54, 1.807) is 0 Å². The molecule has 1 aromatic carbocycles. The van der Waals surface area contributed by atoms with E-state index in [4.69, 9.17) is 0 Å².